The minimum Gasteiger partial charge on any atom is -0.382 e. The average Bonchev–Trinajstić information content (AvgIpc) is 2.72. The number of nitrogens with two attached hydrogens (primary N) is 1. The van der Waals surface area contributed by atoms with Gasteiger partial charge in [-0.1, -0.05) is 18.3 Å². The zero-order valence-corrected chi connectivity index (χ0v) is 9.92. The smallest absolute Gasteiger partial charge is 0.143 e. The highest BCUT2D eigenvalue weighted by Crippen LogP contribution is 2.18. The summed E-state index contributed by atoms with van der Waals surface area (Å²) in [5.74, 6) is 0. The predicted molar refractivity (Wildman–Crippen MR) is 58.7 cm³/mol. The zero-order chi connectivity index (χ0) is 11.1. The van der Waals surface area contributed by atoms with E-state index in [2.05, 4.69) is 10.2 Å². The van der Waals surface area contributed by atoms with Crippen LogP contribution in [0.1, 0.15) is 29.4 Å². The normalized spacial score (nSPS) is 13.0. The third kappa shape index (κ3) is 4.21. The maximum atomic E-state index is 5.83. The molecule has 2 N–H and O–H groups in total. The Hall–Kier alpha value is -0.560. The molecule has 0 saturated heterocycles. The fourth-order valence-corrected chi connectivity index (χ4v) is 1.82. The van der Waals surface area contributed by atoms with Crippen molar-refractivity contribution in [3.05, 3.63) is 10.0 Å². The monoisotopic (exact) mass is 231 g/mol. The highest BCUT2D eigenvalue weighted by atomic mass is 32.1. The van der Waals surface area contributed by atoms with Crippen LogP contribution in [0.25, 0.3) is 0 Å². The van der Waals surface area contributed by atoms with Crippen LogP contribution >= 0.6 is 11.3 Å². The van der Waals surface area contributed by atoms with Crippen LogP contribution < -0.4 is 5.73 Å². The van der Waals surface area contributed by atoms with Crippen LogP contribution in [0.15, 0.2) is 0 Å². The summed E-state index contributed by atoms with van der Waals surface area (Å²) in [7, 11) is 1.65. The second-order valence-electron chi connectivity index (χ2n) is 3.09. The molecular weight excluding hydrogens is 214 g/mol. The van der Waals surface area contributed by atoms with E-state index < -0.39 is 0 Å². The van der Waals surface area contributed by atoms with Crippen LogP contribution in [-0.4, -0.2) is 30.5 Å². The molecule has 0 aliphatic heterocycles. The van der Waals surface area contributed by atoms with Gasteiger partial charge in [0.05, 0.1) is 19.3 Å². The van der Waals surface area contributed by atoms with Crippen molar-refractivity contribution in [1.29, 1.82) is 0 Å². The number of rotatable bonds is 7. The Balaban J connectivity index is 2.33. The molecule has 1 rings (SSSR count). The van der Waals surface area contributed by atoms with Gasteiger partial charge in [0, 0.05) is 7.11 Å². The molecular formula is C9H17N3O2S. The summed E-state index contributed by atoms with van der Waals surface area (Å²) in [6.45, 7) is 3.68. The lowest BCUT2D eigenvalue weighted by Crippen LogP contribution is -2.07. The molecule has 0 saturated carbocycles. The van der Waals surface area contributed by atoms with E-state index in [-0.39, 0.29) is 6.04 Å². The molecule has 0 spiro atoms. The number of methoxy groups -OCH3 is 1. The molecule has 1 aromatic heterocycles. The van der Waals surface area contributed by atoms with E-state index in [1.54, 1.807) is 7.11 Å². The Morgan fingerprint density at radius 2 is 2.20 bits per heavy atom. The maximum absolute atomic E-state index is 5.83. The third-order valence-electron chi connectivity index (χ3n) is 1.90. The maximum Gasteiger partial charge on any atom is 0.143 e. The van der Waals surface area contributed by atoms with Crippen molar-refractivity contribution in [3.8, 4) is 0 Å². The first kappa shape index (κ1) is 12.5. The second-order valence-corrected chi connectivity index (χ2v) is 4.19. The molecule has 0 aromatic carbocycles. The van der Waals surface area contributed by atoms with Gasteiger partial charge in [0.2, 0.25) is 0 Å². The van der Waals surface area contributed by atoms with Crippen molar-refractivity contribution in [2.24, 2.45) is 5.73 Å². The SMILES string of the molecule is CCC(N)c1nnc(COCCOC)s1. The highest BCUT2D eigenvalue weighted by Gasteiger charge is 2.10. The summed E-state index contributed by atoms with van der Waals surface area (Å²) in [5.41, 5.74) is 5.83. The molecule has 15 heavy (non-hydrogen) atoms. The minimum atomic E-state index is -0.00442. The van der Waals surface area contributed by atoms with Crippen LogP contribution in [0, 0.1) is 0 Å². The fraction of sp³-hybridized carbons (Fsp3) is 0.778. The van der Waals surface area contributed by atoms with E-state index in [0.29, 0.717) is 19.8 Å². The molecule has 0 bridgehead atoms. The van der Waals surface area contributed by atoms with Crippen molar-refractivity contribution in [1.82, 2.24) is 10.2 Å². The van der Waals surface area contributed by atoms with Gasteiger partial charge in [0.15, 0.2) is 0 Å². The summed E-state index contributed by atoms with van der Waals surface area (Å²) >= 11 is 1.51. The Bertz CT molecular complexity index is 280. The van der Waals surface area contributed by atoms with Gasteiger partial charge in [-0.15, -0.1) is 10.2 Å². The Morgan fingerprint density at radius 1 is 1.40 bits per heavy atom. The van der Waals surface area contributed by atoms with Gasteiger partial charge < -0.3 is 15.2 Å². The fourth-order valence-electron chi connectivity index (χ4n) is 0.951. The number of hydrogen-bond donors (Lipinski definition) is 1. The van der Waals surface area contributed by atoms with E-state index in [1.807, 2.05) is 6.92 Å². The number of ether oxygens (including phenoxy) is 2. The van der Waals surface area contributed by atoms with Crippen molar-refractivity contribution in [2.45, 2.75) is 26.0 Å². The first-order valence-corrected chi connectivity index (χ1v) is 5.74. The quantitative estimate of drug-likeness (QED) is 0.712. The van der Waals surface area contributed by atoms with Crippen LogP contribution in [0.3, 0.4) is 0 Å². The van der Waals surface area contributed by atoms with Crippen molar-refractivity contribution >= 4 is 11.3 Å². The van der Waals surface area contributed by atoms with Crippen LogP contribution in [0.2, 0.25) is 0 Å². The Kier molecular flexibility index (Phi) is 5.70. The Morgan fingerprint density at radius 3 is 2.87 bits per heavy atom. The first-order valence-electron chi connectivity index (χ1n) is 4.92. The minimum absolute atomic E-state index is 0.00442. The van der Waals surface area contributed by atoms with Crippen molar-refractivity contribution in [3.63, 3.8) is 0 Å². The van der Waals surface area contributed by atoms with E-state index in [9.17, 15) is 0 Å². The lowest BCUT2D eigenvalue weighted by atomic mass is 10.3. The van der Waals surface area contributed by atoms with Gasteiger partial charge in [-0.25, -0.2) is 0 Å². The standard InChI is InChI=1S/C9H17N3O2S/c1-3-7(10)9-12-11-8(15-9)6-14-5-4-13-2/h7H,3-6,10H2,1-2H3. The molecule has 5 nitrogen and oxygen atoms in total. The van der Waals surface area contributed by atoms with E-state index in [0.717, 1.165) is 16.4 Å². The molecule has 6 heteroatoms. The van der Waals surface area contributed by atoms with Gasteiger partial charge >= 0.3 is 0 Å². The predicted octanol–water partition coefficient (Wildman–Crippen LogP) is 1.11. The molecule has 0 radical (unpaired) electrons. The van der Waals surface area contributed by atoms with Crippen molar-refractivity contribution in [2.75, 3.05) is 20.3 Å². The molecule has 0 fully saturated rings. The van der Waals surface area contributed by atoms with Crippen LogP contribution in [-0.2, 0) is 16.1 Å². The van der Waals surface area contributed by atoms with E-state index in [4.69, 9.17) is 15.2 Å². The highest BCUT2D eigenvalue weighted by molar-refractivity contribution is 7.11. The van der Waals surface area contributed by atoms with Gasteiger partial charge in [0.25, 0.3) is 0 Å². The largest absolute Gasteiger partial charge is 0.382 e. The van der Waals surface area contributed by atoms with Gasteiger partial charge in [0.1, 0.15) is 16.6 Å². The number of aromatic nitrogens is 2. The molecule has 1 aromatic rings. The summed E-state index contributed by atoms with van der Waals surface area (Å²) in [5, 5.41) is 9.77. The average molecular weight is 231 g/mol. The van der Waals surface area contributed by atoms with Gasteiger partial charge in [-0.2, -0.15) is 0 Å². The number of hydrogen-bond acceptors (Lipinski definition) is 6. The summed E-state index contributed by atoms with van der Waals surface area (Å²) in [6.07, 6.45) is 0.874. The summed E-state index contributed by atoms with van der Waals surface area (Å²) in [4.78, 5) is 0. The first-order chi connectivity index (χ1) is 7.27. The summed E-state index contributed by atoms with van der Waals surface area (Å²) < 4.78 is 10.2. The molecule has 1 atom stereocenters. The molecule has 1 unspecified atom stereocenters. The lowest BCUT2D eigenvalue weighted by molar-refractivity contribution is 0.0613. The molecule has 0 aliphatic carbocycles. The lowest BCUT2D eigenvalue weighted by Gasteiger charge is -2.01. The second kappa shape index (κ2) is 6.84. The van der Waals surface area contributed by atoms with Crippen LogP contribution in [0.4, 0.5) is 0 Å². The Labute approximate surface area is 93.6 Å². The van der Waals surface area contributed by atoms with Gasteiger partial charge in [-0.3, -0.25) is 0 Å². The topological polar surface area (TPSA) is 70.3 Å². The summed E-state index contributed by atoms with van der Waals surface area (Å²) in [6, 6.07) is -0.00442. The van der Waals surface area contributed by atoms with Gasteiger partial charge in [-0.05, 0) is 6.42 Å². The number of nitrogens with zero attached hydrogens (tertiary/aromatic N) is 2. The zero-order valence-electron chi connectivity index (χ0n) is 9.10. The molecule has 1 heterocycles. The van der Waals surface area contributed by atoms with E-state index >= 15 is 0 Å². The van der Waals surface area contributed by atoms with E-state index in [1.165, 1.54) is 11.3 Å². The molecule has 0 amide bonds. The van der Waals surface area contributed by atoms with Crippen molar-refractivity contribution < 1.29 is 9.47 Å². The molecule has 86 valence electrons. The third-order valence-corrected chi connectivity index (χ3v) is 2.93. The molecule has 0 aliphatic rings. The van der Waals surface area contributed by atoms with Crippen LogP contribution in [0.5, 0.6) is 0 Å².